The summed E-state index contributed by atoms with van der Waals surface area (Å²) in [4.78, 5) is 0. The monoisotopic (exact) mass is 207 g/mol. The van der Waals surface area contributed by atoms with Gasteiger partial charge in [-0.3, -0.25) is 0 Å². The fourth-order valence-electron chi connectivity index (χ4n) is 1.28. The van der Waals surface area contributed by atoms with Crippen molar-refractivity contribution < 1.29 is 0 Å². The molecule has 3 heteroatoms. The summed E-state index contributed by atoms with van der Waals surface area (Å²) in [5, 5.41) is 2.89. The van der Waals surface area contributed by atoms with Crippen LogP contribution in [0.1, 0.15) is 13.8 Å². The summed E-state index contributed by atoms with van der Waals surface area (Å²) < 4.78 is 3.72. The van der Waals surface area contributed by atoms with Crippen molar-refractivity contribution in [2.45, 2.75) is 24.4 Å². The molecule has 1 aliphatic heterocycles. The van der Waals surface area contributed by atoms with Gasteiger partial charge in [0.15, 0.2) is 0 Å². The number of nitrogens with one attached hydrogen (secondary N) is 1. The van der Waals surface area contributed by atoms with Crippen LogP contribution in [0, 0.1) is 0 Å². The van der Waals surface area contributed by atoms with Gasteiger partial charge < -0.3 is 0 Å². The predicted molar refractivity (Wildman–Crippen MR) is 47.2 cm³/mol. The molecule has 0 amide bonds. The van der Waals surface area contributed by atoms with Crippen molar-refractivity contribution in [3.8, 4) is 0 Å². The zero-order chi connectivity index (χ0) is 6.74. The maximum atomic E-state index is 3.72. The molecule has 1 N–H and O–H groups in total. The normalized spacial score (nSPS) is 24.7. The molecule has 1 nitrogen and oxygen atoms in total. The van der Waals surface area contributed by atoms with Crippen molar-refractivity contribution in [3.63, 3.8) is 0 Å². The molecular weight excluding hydrogens is 191 g/mol. The zero-order valence-electron chi connectivity index (χ0n) is 6.24. The molecule has 0 aliphatic carbocycles. The molecule has 1 fully saturated rings. The minimum absolute atomic E-state index is 1.28. The van der Waals surface area contributed by atoms with Crippen molar-refractivity contribution in [3.05, 3.63) is 0 Å². The number of hydrogen-bond acceptors (Lipinski definition) is 2. The van der Waals surface area contributed by atoms with E-state index in [2.05, 4.69) is 28.2 Å². The molecule has 0 aromatic carbocycles. The van der Waals surface area contributed by atoms with Crippen molar-refractivity contribution in [1.82, 2.24) is 4.27 Å². The molecule has 1 rings (SSSR count). The number of hydrogen-bond donors (Lipinski definition) is 1. The van der Waals surface area contributed by atoms with Gasteiger partial charge in [0.25, 0.3) is 0 Å². The van der Waals surface area contributed by atoms with Crippen LogP contribution in [-0.4, -0.2) is 24.6 Å². The molecule has 1 saturated heterocycles. The molecule has 0 aromatic rings. The Balaban J connectivity index is 2.45. The molecule has 1 heterocycles. The van der Waals surface area contributed by atoms with E-state index < -0.39 is 12.3 Å². The van der Waals surface area contributed by atoms with Crippen LogP contribution in [0.25, 0.3) is 0 Å². The van der Waals surface area contributed by atoms with E-state index >= 15 is 0 Å². The summed E-state index contributed by atoms with van der Waals surface area (Å²) in [5.41, 5.74) is 0. The fraction of sp³-hybridized carbons (Fsp3) is 1.00. The van der Waals surface area contributed by atoms with Gasteiger partial charge in [-0.25, -0.2) is 0 Å². The third kappa shape index (κ3) is 1.65. The maximum absolute atomic E-state index is 3.72. The van der Waals surface area contributed by atoms with Gasteiger partial charge in [-0.15, -0.1) is 0 Å². The van der Waals surface area contributed by atoms with E-state index in [1.54, 1.807) is 0 Å². The van der Waals surface area contributed by atoms with E-state index in [1.807, 2.05) is 0 Å². The molecule has 9 heavy (non-hydrogen) atoms. The average molecular weight is 206 g/mol. The predicted octanol–water partition coefficient (Wildman–Crippen LogP) is 1.80. The molecule has 0 aromatic heterocycles. The summed E-state index contributed by atoms with van der Waals surface area (Å²) in [5.74, 6) is 1.38. The van der Waals surface area contributed by atoms with Crippen LogP contribution in [0.3, 0.4) is 0 Å². The van der Waals surface area contributed by atoms with Crippen LogP contribution in [0.4, 0.5) is 0 Å². The minimum atomic E-state index is -1.39. The van der Waals surface area contributed by atoms with Gasteiger partial charge in [0, 0.05) is 0 Å². The first-order chi connectivity index (χ1) is 4.33. The van der Waals surface area contributed by atoms with Gasteiger partial charge >= 0.3 is 63.4 Å². The quantitative estimate of drug-likeness (QED) is 0.691. The summed E-state index contributed by atoms with van der Waals surface area (Å²) >= 11 is -1.39. The van der Waals surface area contributed by atoms with Crippen molar-refractivity contribution in [1.29, 1.82) is 0 Å². The first-order valence-electron chi connectivity index (χ1n) is 3.72. The molecule has 0 bridgehead atoms. The molecule has 0 radical (unpaired) electrons. The Morgan fingerprint density at radius 1 is 1.44 bits per heavy atom. The Kier molecular flexibility index (Phi) is 2.92. The first-order valence-corrected chi connectivity index (χ1v) is 11.3. The standard InChI is InChI=1S/C6H15GeNS/c1-3-7(4-2)8-5-6-9-7/h8H,3-6H2,1-2H3. The molecule has 54 valence electrons. The van der Waals surface area contributed by atoms with Crippen LogP contribution in [-0.2, 0) is 0 Å². The molecule has 0 saturated carbocycles. The summed E-state index contributed by atoms with van der Waals surface area (Å²) in [6, 6.07) is 0. The third-order valence-corrected chi connectivity index (χ3v) is 18.2. The second-order valence-corrected chi connectivity index (χ2v) is 16.9. The van der Waals surface area contributed by atoms with Crippen LogP contribution in [0.2, 0.25) is 10.5 Å². The molecule has 0 atom stereocenters. The Labute approximate surface area is 63.6 Å². The van der Waals surface area contributed by atoms with Gasteiger partial charge in [0.1, 0.15) is 0 Å². The summed E-state index contributed by atoms with van der Waals surface area (Å²) in [6.07, 6.45) is 0. The Morgan fingerprint density at radius 3 is 2.33 bits per heavy atom. The van der Waals surface area contributed by atoms with Gasteiger partial charge in [0.05, 0.1) is 0 Å². The van der Waals surface area contributed by atoms with E-state index in [0.29, 0.717) is 0 Å². The first kappa shape index (κ1) is 7.95. The van der Waals surface area contributed by atoms with Crippen LogP contribution in [0.15, 0.2) is 0 Å². The van der Waals surface area contributed by atoms with E-state index in [0.717, 1.165) is 0 Å². The molecule has 0 unspecified atom stereocenters. The van der Waals surface area contributed by atoms with Gasteiger partial charge in [-0.05, 0) is 0 Å². The second kappa shape index (κ2) is 3.30. The van der Waals surface area contributed by atoms with E-state index in [4.69, 9.17) is 0 Å². The second-order valence-electron chi connectivity index (χ2n) is 2.48. The Morgan fingerprint density at radius 2 is 2.11 bits per heavy atom. The summed E-state index contributed by atoms with van der Waals surface area (Å²) in [7, 11) is 2.27. The van der Waals surface area contributed by atoms with E-state index in [1.165, 1.54) is 22.8 Å². The molecule has 1 aliphatic rings. The van der Waals surface area contributed by atoms with E-state index in [9.17, 15) is 0 Å². The van der Waals surface area contributed by atoms with Gasteiger partial charge in [0.2, 0.25) is 0 Å². The van der Waals surface area contributed by atoms with Crippen molar-refractivity contribution in [2.75, 3.05) is 12.3 Å². The third-order valence-electron chi connectivity index (χ3n) is 2.07. The summed E-state index contributed by atoms with van der Waals surface area (Å²) in [6.45, 7) is 5.97. The fourth-order valence-corrected chi connectivity index (χ4v) is 12.9. The SMILES string of the molecule is C[CH2][Ge]1([CH2]C)[NH]CC[S]1. The van der Waals surface area contributed by atoms with Crippen LogP contribution < -0.4 is 4.27 Å². The van der Waals surface area contributed by atoms with Gasteiger partial charge in [-0.2, -0.15) is 0 Å². The van der Waals surface area contributed by atoms with Crippen molar-refractivity contribution >= 4 is 22.4 Å². The Hall–Kier alpha value is 0.853. The Bertz CT molecular complexity index is 85.1. The topological polar surface area (TPSA) is 12.0 Å². The van der Waals surface area contributed by atoms with Crippen LogP contribution >= 0.6 is 10.1 Å². The zero-order valence-corrected chi connectivity index (χ0v) is 9.15. The van der Waals surface area contributed by atoms with Crippen molar-refractivity contribution in [2.24, 2.45) is 0 Å². The average Bonchev–Trinajstić information content (AvgIpc) is 2.36. The van der Waals surface area contributed by atoms with Crippen LogP contribution in [0.5, 0.6) is 0 Å². The molecular formula is C6H15GeNS. The van der Waals surface area contributed by atoms with Gasteiger partial charge in [-0.1, -0.05) is 0 Å². The number of rotatable bonds is 2. The molecule has 0 spiro atoms. The van der Waals surface area contributed by atoms with E-state index in [-0.39, 0.29) is 0 Å².